The predicted molar refractivity (Wildman–Crippen MR) is 120 cm³/mol. The molecule has 176 valence electrons. The summed E-state index contributed by atoms with van der Waals surface area (Å²) in [6.07, 6.45) is 2.02. The summed E-state index contributed by atoms with van der Waals surface area (Å²) in [6.45, 7) is 0.657. The van der Waals surface area contributed by atoms with Crippen molar-refractivity contribution in [3.8, 4) is 11.3 Å². The van der Waals surface area contributed by atoms with Crippen LogP contribution in [0.1, 0.15) is 34.5 Å². The number of pyridine rings is 1. The third kappa shape index (κ3) is 3.87. The number of hydrogen-bond acceptors (Lipinski definition) is 4. The average molecular weight is 487 g/mol. The molecule has 0 radical (unpaired) electrons. The number of benzene rings is 1. The van der Waals surface area contributed by atoms with Gasteiger partial charge in [-0.15, -0.1) is 0 Å². The first-order valence-electron chi connectivity index (χ1n) is 10.7. The van der Waals surface area contributed by atoms with Crippen LogP contribution in [-0.4, -0.2) is 44.1 Å². The van der Waals surface area contributed by atoms with Crippen molar-refractivity contribution in [1.82, 2.24) is 25.0 Å². The van der Waals surface area contributed by atoms with E-state index in [1.807, 2.05) is 0 Å². The zero-order valence-electron chi connectivity index (χ0n) is 18.0. The molecule has 2 aliphatic rings. The number of primary amides is 1. The fourth-order valence-corrected chi connectivity index (χ4v) is 4.90. The van der Waals surface area contributed by atoms with Crippen molar-refractivity contribution in [2.24, 2.45) is 5.73 Å². The van der Waals surface area contributed by atoms with E-state index in [1.54, 1.807) is 47.3 Å². The lowest BCUT2D eigenvalue weighted by Gasteiger charge is -2.48. The van der Waals surface area contributed by atoms with Crippen molar-refractivity contribution < 1.29 is 18.4 Å². The molecule has 0 saturated heterocycles. The Bertz CT molecular complexity index is 1270. The molecule has 5 rings (SSSR count). The molecular formula is C23H21ClF2N6O2. The summed E-state index contributed by atoms with van der Waals surface area (Å²) in [4.78, 5) is 31.0. The largest absolute Gasteiger partial charge is 0.365 e. The van der Waals surface area contributed by atoms with Crippen molar-refractivity contribution in [3.05, 3.63) is 70.6 Å². The molecule has 1 aromatic carbocycles. The van der Waals surface area contributed by atoms with E-state index in [1.165, 1.54) is 11.1 Å². The van der Waals surface area contributed by atoms with Gasteiger partial charge in [-0.25, -0.2) is 13.6 Å². The van der Waals surface area contributed by atoms with Crippen molar-refractivity contribution in [2.45, 2.75) is 37.4 Å². The average Bonchev–Trinajstić information content (AvgIpc) is 3.17. The van der Waals surface area contributed by atoms with E-state index in [4.69, 9.17) is 17.3 Å². The SMILES string of the molecule is NC(=O)c1c(-c2cccc(Cl)c2)nn2c1CN(C(=O)NC1(c3cccnc3)CC(F)(F)C1)CC2. The maximum Gasteiger partial charge on any atom is 0.318 e. The van der Waals surface area contributed by atoms with Crippen molar-refractivity contribution in [1.29, 1.82) is 0 Å². The van der Waals surface area contributed by atoms with Gasteiger partial charge in [-0.2, -0.15) is 5.10 Å². The van der Waals surface area contributed by atoms with Gasteiger partial charge in [0.15, 0.2) is 0 Å². The number of nitrogens with zero attached hydrogens (tertiary/aromatic N) is 4. The molecule has 0 spiro atoms. The molecule has 1 aliphatic carbocycles. The lowest BCUT2D eigenvalue weighted by atomic mass is 9.69. The van der Waals surface area contributed by atoms with Gasteiger partial charge in [-0.3, -0.25) is 14.5 Å². The highest BCUT2D eigenvalue weighted by atomic mass is 35.5. The van der Waals surface area contributed by atoms with Crippen LogP contribution in [0.3, 0.4) is 0 Å². The number of nitrogens with two attached hydrogens (primary N) is 1. The fraction of sp³-hybridized carbons (Fsp3) is 0.304. The first-order valence-corrected chi connectivity index (χ1v) is 11.1. The second-order valence-corrected chi connectivity index (χ2v) is 9.09. The lowest BCUT2D eigenvalue weighted by Crippen LogP contribution is -2.62. The Morgan fingerprint density at radius 2 is 1.94 bits per heavy atom. The lowest BCUT2D eigenvalue weighted by molar-refractivity contribution is -0.134. The van der Waals surface area contributed by atoms with Crippen LogP contribution in [0.2, 0.25) is 5.02 Å². The molecule has 0 unspecified atom stereocenters. The van der Waals surface area contributed by atoms with Gasteiger partial charge in [-0.05, 0) is 23.8 Å². The van der Waals surface area contributed by atoms with Crippen molar-refractivity contribution in [3.63, 3.8) is 0 Å². The number of fused-ring (bicyclic) bond motifs is 1. The van der Waals surface area contributed by atoms with Gasteiger partial charge in [0.2, 0.25) is 0 Å². The number of aromatic nitrogens is 3. The van der Waals surface area contributed by atoms with E-state index in [-0.39, 0.29) is 18.7 Å². The Balaban J connectivity index is 1.42. The quantitative estimate of drug-likeness (QED) is 0.588. The molecular weight excluding hydrogens is 466 g/mol. The van der Waals surface area contributed by atoms with Crippen LogP contribution in [0.5, 0.6) is 0 Å². The number of rotatable bonds is 4. The summed E-state index contributed by atoms with van der Waals surface area (Å²) in [5.74, 6) is -3.54. The topological polar surface area (TPSA) is 106 Å². The number of hydrogen-bond donors (Lipinski definition) is 2. The Morgan fingerprint density at radius 1 is 1.15 bits per heavy atom. The maximum absolute atomic E-state index is 13.9. The third-order valence-corrected chi connectivity index (χ3v) is 6.53. The van der Waals surface area contributed by atoms with Gasteiger partial charge in [-0.1, -0.05) is 29.8 Å². The van der Waals surface area contributed by atoms with Crippen LogP contribution in [-0.2, 0) is 18.6 Å². The van der Waals surface area contributed by atoms with Gasteiger partial charge >= 0.3 is 6.03 Å². The molecule has 8 nitrogen and oxygen atoms in total. The van der Waals surface area contributed by atoms with Crippen molar-refractivity contribution in [2.75, 3.05) is 6.54 Å². The smallest absolute Gasteiger partial charge is 0.318 e. The van der Waals surface area contributed by atoms with E-state index >= 15 is 0 Å². The molecule has 0 bridgehead atoms. The number of urea groups is 1. The number of halogens is 3. The molecule has 1 saturated carbocycles. The first-order chi connectivity index (χ1) is 16.2. The van der Waals surface area contributed by atoms with E-state index in [0.29, 0.717) is 34.1 Å². The number of carbonyl (C=O) groups excluding carboxylic acids is 2. The summed E-state index contributed by atoms with van der Waals surface area (Å²) < 4.78 is 29.4. The van der Waals surface area contributed by atoms with Crippen LogP contribution in [0.25, 0.3) is 11.3 Å². The maximum atomic E-state index is 13.9. The van der Waals surface area contributed by atoms with Gasteiger partial charge in [0, 0.05) is 42.4 Å². The minimum atomic E-state index is -2.87. The molecule has 1 fully saturated rings. The zero-order valence-corrected chi connectivity index (χ0v) is 18.7. The summed E-state index contributed by atoms with van der Waals surface area (Å²) in [6, 6.07) is 9.72. The monoisotopic (exact) mass is 486 g/mol. The van der Waals surface area contributed by atoms with Crippen LogP contribution < -0.4 is 11.1 Å². The molecule has 3 amide bonds. The molecule has 2 aromatic heterocycles. The highest BCUT2D eigenvalue weighted by Crippen LogP contribution is 2.51. The van der Waals surface area contributed by atoms with E-state index in [2.05, 4.69) is 15.4 Å². The molecule has 11 heteroatoms. The first kappa shape index (κ1) is 22.3. The number of carbonyl (C=O) groups is 2. The Morgan fingerprint density at radius 3 is 2.59 bits per heavy atom. The Labute approximate surface area is 198 Å². The van der Waals surface area contributed by atoms with Gasteiger partial charge < -0.3 is 16.0 Å². The van der Waals surface area contributed by atoms with Crippen LogP contribution >= 0.6 is 11.6 Å². The standard InChI is InChI=1S/C23H21ClF2N6O2/c24-16-5-1-3-14(9-16)19-18(20(27)33)17-11-31(7-8-32(17)30-19)21(34)29-22(12-23(25,26)13-22)15-4-2-6-28-10-15/h1-6,9-10H,7-8,11-13H2,(H2,27,33)(H,29,34). The van der Waals surface area contributed by atoms with Gasteiger partial charge in [0.05, 0.1) is 29.9 Å². The number of alkyl halides is 2. The molecule has 3 N–H and O–H groups in total. The summed E-state index contributed by atoms with van der Waals surface area (Å²) in [5.41, 5.74) is 6.71. The molecule has 1 aliphatic heterocycles. The predicted octanol–water partition coefficient (Wildman–Crippen LogP) is 3.55. The summed E-state index contributed by atoms with van der Waals surface area (Å²) >= 11 is 6.10. The molecule has 34 heavy (non-hydrogen) atoms. The summed E-state index contributed by atoms with van der Waals surface area (Å²) in [5, 5.41) is 7.82. The molecule has 3 heterocycles. The Kier molecular flexibility index (Phi) is 5.27. The second-order valence-electron chi connectivity index (χ2n) is 8.65. The van der Waals surface area contributed by atoms with E-state index < -0.39 is 36.2 Å². The highest BCUT2D eigenvalue weighted by Gasteiger charge is 2.58. The van der Waals surface area contributed by atoms with Crippen LogP contribution in [0, 0.1) is 0 Å². The van der Waals surface area contributed by atoms with Crippen LogP contribution in [0.15, 0.2) is 48.8 Å². The fourth-order valence-electron chi connectivity index (χ4n) is 4.71. The Hall–Kier alpha value is -3.53. The van der Waals surface area contributed by atoms with Crippen LogP contribution in [0.4, 0.5) is 13.6 Å². The highest BCUT2D eigenvalue weighted by molar-refractivity contribution is 6.30. The number of nitrogens with one attached hydrogen (secondary N) is 1. The second kappa shape index (κ2) is 8.05. The van der Waals surface area contributed by atoms with Gasteiger partial charge in [0.25, 0.3) is 11.8 Å². The van der Waals surface area contributed by atoms with E-state index in [9.17, 15) is 18.4 Å². The third-order valence-electron chi connectivity index (χ3n) is 6.29. The number of amides is 3. The normalized spacial score (nSPS) is 18.0. The minimum absolute atomic E-state index is 0.0528. The van der Waals surface area contributed by atoms with E-state index in [0.717, 1.165) is 0 Å². The zero-order chi connectivity index (χ0) is 24.1. The summed E-state index contributed by atoms with van der Waals surface area (Å²) in [7, 11) is 0. The minimum Gasteiger partial charge on any atom is -0.365 e. The van der Waals surface area contributed by atoms with Gasteiger partial charge in [0.1, 0.15) is 5.69 Å². The van der Waals surface area contributed by atoms with Crippen molar-refractivity contribution >= 4 is 23.5 Å². The molecule has 0 atom stereocenters. The molecule has 3 aromatic rings.